The van der Waals surface area contributed by atoms with Crippen molar-refractivity contribution in [2.24, 2.45) is 11.3 Å². The van der Waals surface area contributed by atoms with Crippen LogP contribution in [0, 0.1) is 11.3 Å². The van der Waals surface area contributed by atoms with Crippen molar-refractivity contribution in [1.29, 1.82) is 0 Å². The zero-order chi connectivity index (χ0) is 14.0. The number of urea groups is 1. The van der Waals surface area contributed by atoms with E-state index in [1.165, 1.54) is 6.42 Å². The molecule has 3 N–H and O–H groups in total. The minimum atomic E-state index is -0.929. The number of nitrogens with one attached hydrogen (secondary N) is 2. The number of carboxylic acid groups (broad SMARTS) is 1. The van der Waals surface area contributed by atoms with Crippen LogP contribution in [0.1, 0.15) is 52.4 Å². The first kappa shape index (κ1) is 14.2. The van der Waals surface area contributed by atoms with Gasteiger partial charge in [0.05, 0.1) is 0 Å². The number of rotatable bonds is 4. The molecule has 0 heterocycles. The first-order valence-electron chi connectivity index (χ1n) is 7.17. The molecule has 2 unspecified atom stereocenters. The zero-order valence-electron chi connectivity index (χ0n) is 11.7. The van der Waals surface area contributed by atoms with Crippen LogP contribution in [0.3, 0.4) is 0 Å². The summed E-state index contributed by atoms with van der Waals surface area (Å²) in [5, 5.41) is 14.6. The third kappa shape index (κ3) is 4.11. The van der Waals surface area contributed by atoms with Crippen LogP contribution >= 0.6 is 0 Å². The van der Waals surface area contributed by atoms with Crippen LogP contribution in [-0.4, -0.2) is 29.2 Å². The Morgan fingerprint density at radius 1 is 1.26 bits per heavy atom. The summed E-state index contributed by atoms with van der Waals surface area (Å²) in [4.78, 5) is 23.0. The molecule has 0 aromatic rings. The smallest absolute Gasteiger partial charge is 0.326 e. The quantitative estimate of drug-likeness (QED) is 0.730. The molecule has 2 saturated carbocycles. The average Bonchev–Trinajstić information content (AvgIpc) is 3.07. The average molecular weight is 268 g/mol. The van der Waals surface area contributed by atoms with Gasteiger partial charge in [0.15, 0.2) is 0 Å². The summed E-state index contributed by atoms with van der Waals surface area (Å²) in [6.45, 7) is 4.42. The third-order valence-corrected chi connectivity index (χ3v) is 4.19. The van der Waals surface area contributed by atoms with Gasteiger partial charge in [-0.3, -0.25) is 0 Å². The minimum Gasteiger partial charge on any atom is -0.480 e. The van der Waals surface area contributed by atoms with Crippen LogP contribution in [0.4, 0.5) is 4.79 Å². The van der Waals surface area contributed by atoms with Crippen LogP contribution in [0.15, 0.2) is 0 Å². The maximum Gasteiger partial charge on any atom is 0.326 e. The van der Waals surface area contributed by atoms with Gasteiger partial charge in [-0.15, -0.1) is 0 Å². The van der Waals surface area contributed by atoms with E-state index in [2.05, 4.69) is 24.5 Å². The minimum absolute atomic E-state index is 0.117. The van der Waals surface area contributed by atoms with Gasteiger partial charge in [-0.05, 0) is 43.4 Å². The molecule has 2 rings (SSSR count). The van der Waals surface area contributed by atoms with Crippen LogP contribution in [0.5, 0.6) is 0 Å². The molecule has 5 heteroatoms. The highest BCUT2D eigenvalue weighted by Crippen LogP contribution is 2.35. The number of carboxylic acids is 1. The van der Waals surface area contributed by atoms with Crippen molar-refractivity contribution in [2.45, 2.75) is 64.5 Å². The van der Waals surface area contributed by atoms with Gasteiger partial charge < -0.3 is 15.7 Å². The first-order valence-corrected chi connectivity index (χ1v) is 7.17. The summed E-state index contributed by atoms with van der Waals surface area (Å²) in [5.41, 5.74) is 0.263. The largest absolute Gasteiger partial charge is 0.480 e. The standard InChI is InChI=1S/C14H24N2O3/c1-14(2)7-3-4-10(8-14)15-13(19)16-11(12(17)18)9-5-6-9/h9-11H,3-8H2,1-2H3,(H,17,18)(H2,15,16,19). The van der Waals surface area contributed by atoms with Crippen LogP contribution in [0.25, 0.3) is 0 Å². The number of hydrogen-bond acceptors (Lipinski definition) is 2. The van der Waals surface area contributed by atoms with E-state index in [-0.39, 0.29) is 23.4 Å². The molecule has 0 aliphatic heterocycles. The molecule has 0 saturated heterocycles. The third-order valence-electron chi connectivity index (χ3n) is 4.19. The Balaban J connectivity index is 1.81. The molecule has 5 nitrogen and oxygen atoms in total. The van der Waals surface area contributed by atoms with Gasteiger partial charge >= 0.3 is 12.0 Å². The Morgan fingerprint density at radius 2 is 1.95 bits per heavy atom. The van der Waals surface area contributed by atoms with Crippen LogP contribution in [-0.2, 0) is 4.79 Å². The first-order chi connectivity index (χ1) is 8.87. The topological polar surface area (TPSA) is 78.4 Å². The highest BCUT2D eigenvalue weighted by atomic mass is 16.4. The van der Waals surface area contributed by atoms with Crippen molar-refractivity contribution in [3.63, 3.8) is 0 Å². The highest BCUT2D eigenvalue weighted by Gasteiger charge is 2.38. The van der Waals surface area contributed by atoms with Gasteiger partial charge in [0, 0.05) is 6.04 Å². The summed E-state index contributed by atoms with van der Waals surface area (Å²) in [5.74, 6) is -0.812. The van der Waals surface area contributed by atoms with Gasteiger partial charge in [-0.2, -0.15) is 0 Å². The van der Waals surface area contributed by atoms with Gasteiger partial charge in [0.1, 0.15) is 6.04 Å². The Morgan fingerprint density at radius 3 is 2.47 bits per heavy atom. The lowest BCUT2D eigenvalue weighted by atomic mass is 9.75. The second-order valence-corrected chi connectivity index (χ2v) is 6.73. The molecule has 0 aromatic carbocycles. The molecule has 0 aromatic heterocycles. The number of amides is 2. The molecular weight excluding hydrogens is 244 g/mol. The number of carbonyl (C=O) groups excluding carboxylic acids is 1. The fourth-order valence-corrected chi connectivity index (χ4v) is 3.00. The van der Waals surface area contributed by atoms with E-state index < -0.39 is 12.0 Å². The summed E-state index contributed by atoms with van der Waals surface area (Å²) in [6, 6.07) is -0.893. The zero-order valence-corrected chi connectivity index (χ0v) is 11.7. The molecule has 2 atom stereocenters. The lowest BCUT2D eigenvalue weighted by Gasteiger charge is -2.35. The van der Waals surface area contributed by atoms with Gasteiger partial charge in [-0.25, -0.2) is 9.59 Å². The number of aliphatic carboxylic acids is 1. The molecule has 2 amide bonds. The second-order valence-electron chi connectivity index (χ2n) is 6.73. The SMILES string of the molecule is CC1(C)CCCC(NC(=O)NC(C(=O)O)C2CC2)C1. The monoisotopic (exact) mass is 268 g/mol. The Kier molecular flexibility index (Phi) is 4.02. The molecule has 2 fully saturated rings. The molecule has 0 bridgehead atoms. The van der Waals surface area contributed by atoms with Crippen LogP contribution < -0.4 is 10.6 Å². The summed E-state index contributed by atoms with van der Waals surface area (Å²) < 4.78 is 0. The van der Waals surface area contributed by atoms with Gasteiger partial charge in [0.25, 0.3) is 0 Å². The Labute approximate surface area is 114 Å². The van der Waals surface area contributed by atoms with Crippen molar-refractivity contribution in [3.8, 4) is 0 Å². The van der Waals surface area contributed by atoms with Gasteiger partial charge in [-0.1, -0.05) is 20.3 Å². The van der Waals surface area contributed by atoms with Crippen molar-refractivity contribution >= 4 is 12.0 Å². The van der Waals surface area contributed by atoms with Crippen molar-refractivity contribution in [3.05, 3.63) is 0 Å². The van der Waals surface area contributed by atoms with E-state index in [4.69, 9.17) is 5.11 Å². The van der Waals surface area contributed by atoms with Gasteiger partial charge in [0.2, 0.25) is 0 Å². The molecule has 2 aliphatic carbocycles. The summed E-state index contributed by atoms with van der Waals surface area (Å²) in [7, 11) is 0. The predicted octanol–water partition coefficient (Wildman–Crippen LogP) is 2.12. The van der Waals surface area contributed by atoms with Crippen molar-refractivity contribution < 1.29 is 14.7 Å². The van der Waals surface area contributed by atoms with E-state index in [1.54, 1.807) is 0 Å². The van der Waals surface area contributed by atoms with Crippen molar-refractivity contribution in [1.82, 2.24) is 10.6 Å². The molecule has 0 spiro atoms. The molecule has 108 valence electrons. The lowest BCUT2D eigenvalue weighted by molar-refractivity contribution is -0.139. The number of hydrogen-bond donors (Lipinski definition) is 3. The second kappa shape index (κ2) is 5.39. The fraction of sp³-hybridized carbons (Fsp3) is 0.857. The van der Waals surface area contributed by atoms with E-state index in [0.29, 0.717) is 0 Å². The van der Waals surface area contributed by atoms with E-state index in [9.17, 15) is 9.59 Å². The summed E-state index contributed by atoms with van der Waals surface area (Å²) >= 11 is 0. The van der Waals surface area contributed by atoms with Crippen molar-refractivity contribution in [2.75, 3.05) is 0 Å². The fourth-order valence-electron chi connectivity index (χ4n) is 3.00. The molecule has 2 aliphatic rings. The predicted molar refractivity (Wildman–Crippen MR) is 71.9 cm³/mol. The van der Waals surface area contributed by atoms with Crippen LogP contribution in [0.2, 0.25) is 0 Å². The summed E-state index contributed by atoms with van der Waals surface area (Å²) in [6.07, 6.45) is 6.04. The lowest BCUT2D eigenvalue weighted by Crippen LogP contribution is -2.51. The maximum absolute atomic E-state index is 11.9. The van der Waals surface area contributed by atoms with E-state index in [1.807, 2.05) is 0 Å². The maximum atomic E-state index is 11.9. The highest BCUT2D eigenvalue weighted by molar-refractivity contribution is 5.83. The normalized spacial score (nSPS) is 27.4. The van der Waals surface area contributed by atoms with E-state index in [0.717, 1.165) is 32.1 Å². The number of carbonyl (C=O) groups is 2. The molecular formula is C14H24N2O3. The Bertz CT molecular complexity index is 364. The Hall–Kier alpha value is -1.26. The molecule has 19 heavy (non-hydrogen) atoms. The van der Waals surface area contributed by atoms with E-state index >= 15 is 0 Å². The molecule has 0 radical (unpaired) electrons.